The van der Waals surface area contributed by atoms with Crippen LogP contribution in [0.2, 0.25) is 10.0 Å². The summed E-state index contributed by atoms with van der Waals surface area (Å²) in [6.45, 7) is 6.31. The topological polar surface area (TPSA) is 44.1 Å². The van der Waals surface area contributed by atoms with E-state index in [2.05, 4.69) is 49.1 Å². The molecule has 5 heteroatoms. The fourth-order valence-electron chi connectivity index (χ4n) is 5.34. The van der Waals surface area contributed by atoms with Crippen molar-refractivity contribution in [3.05, 3.63) is 116 Å². The van der Waals surface area contributed by atoms with E-state index >= 15 is 0 Å². The first-order valence-corrected chi connectivity index (χ1v) is 12.7. The molecule has 1 unspecified atom stereocenters. The smallest absolute Gasteiger partial charge is 0.162 e. The first kappa shape index (κ1) is 24.4. The number of aryl methyl sites for hydroxylation is 1. The van der Waals surface area contributed by atoms with E-state index < -0.39 is 5.92 Å². The summed E-state index contributed by atoms with van der Waals surface area (Å²) < 4.78 is 0. The summed E-state index contributed by atoms with van der Waals surface area (Å²) in [7, 11) is 0. The van der Waals surface area contributed by atoms with Crippen LogP contribution in [0.4, 0.5) is 5.69 Å². The first-order chi connectivity index (χ1) is 17.2. The van der Waals surface area contributed by atoms with E-state index in [1.165, 1.54) is 0 Å². The maximum Gasteiger partial charge on any atom is 0.162 e. The van der Waals surface area contributed by atoms with Crippen molar-refractivity contribution in [3.63, 3.8) is 0 Å². The molecule has 180 valence electrons. The molecule has 5 rings (SSSR count). The Labute approximate surface area is 222 Å². The minimum atomic E-state index is -0.474. The van der Waals surface area contributed by atoms with Crippen molar-refractivity contribution in [1.29, 1.82) is 5.26 Å². The fourth-order valence-corrected chi connectivity index (χ4v) is 5.59. The van der Waals surface area contributed by atoms with Gasteiger partial charge >= 0.3 is 0 Å². The molecule has 1 heterocycles. The second kappa shape index (κ2) is 9.28. The van der Waals surface area contributed by atoms with Gasteiger partial charge < -0.3 is 4.90 Å². The standard InChI is InChI=1S/C31H26Cl2N2O/c1-19-4-14-24(15-5-19)35-26-16-31(2,3)17-27(36)29(26)28(20-6-10-22(32)11-7-20)25(18-34)30(35)21-8-12-23(33)13-9-21/h4-15,28H,16-17H2,1-3H3. The monoisotopic (exact) mass is 512 g/mol. The van der Waals surface area contributed by atoms with Gasteiger partial charge in [0.2, 0.25) is 0 Å². The molecule has 0 radical (unpaired) electrons. The van der Waals surface area contributed by atoms with Crippen LogP contribution in [0.15, 0.2) is 89.6 Å². The molecule has 1 atom stereocenters. The number of halogens is 2. The molecule has 2 aliphatic rings. The van der Waals surface area contributed by atoms with Gasteiger partial charge in [-0.3, -0.25) is 4.79 Å². The molecule has 0 saturated carbocycles. The van der Waals surface area contributed by atoms with E-state index in [-0.39, 0.29) is 11.2 Å². The zero-order valence-electron chi connectivity index (χ0n) is 20.5. The summed E-state index contributed by atoms with van der Waals surface area (Å²) in [5, 5.41) is 11.9. The summed E-state index contributed by atoms with van der Waals surface area (Å²) in [5.41, 5.74) is 6.57. The number of anilines is 1. The van der Waals surface area contributed by atoms with Gasteiger partial charge in [-0.25, -0.2) is 0 Å². The normalized spacial score (nSPS) is 19.3. The Bertz CT molecular complexity index is 1440. The summed E-state index contributed by atoms with van der Waals surface area (Å²) in [6, 6.07) is 25.8. The number of benzene rings is 3. The highest BCUT2D eigenvalue weighted by Crippen LogP contribution is 2.53. The predicted molar refractivity (Wildman–Crippen MR) is 147 cm³/mol. The van der Waals surface area contributed by atoms with Crippen molar-refractivity contribution < 1.29 is 4.79 Å². The molecule has 0 bridgehead atoms. The van der Waals surface area contributed by atoms with Crippen LogP contribution >= 0.6 is 23.2 Å². The number of ketones is 1. The first-order valence-electron chi connectivity index (χ1n) is 12.0. The van der Waals surface area contributed by atoms with Gasteiger partial charge in [-0.05, 0) is 66.3 Å². The lowest BCUT2D eigenvalue weighted by atomic mass is 9.67. The van der Waals surface area contributed by atoms with Crippen LogP contribution in [0.5, 0.6) is 0 Å². The third kappa shape index (κ3) is 4.37. The highest BCUT2D eigenvalue weighted by Gasteiger charge is 2.45. The molecule has 0 fully saturated rings. The molecule has 36 heavy (non-hydrogen) atoms. The zero-order valence-corrected chi connectivity index (χ0v) is 22.0. The second-order valence-electron chi connectivity index (χ2n) is 10.3. The summed E-state index contributed by atoms with van der Waals surface area (Å²) in [6.07, 6.45) is 1.15. The minimum Gasteiger partial charge on any atom is -0.312 e. The lowest BCUT2D eigenvalue weighted by Crippen LogP contribution is -2.39. The molecule has 3 aromatic rings. The van der Waals surface area contributed by atoms with E-state index in [4.69, 9.17) is 23.2 Å². The van der Waals surface area contributed by atoms with Crippen molar-refractivity contribution in [1.82, 2.24) is 0 Å². The van der Waals surface area contributed by atoms with Crippen molar-refractivity contribution >= 4 is 40.4 Å². The molecule has 0 spiro atoms. The van der Waals surface area contributed by atoms with Gasteiger partial charge in [0.15, 0.2) is 5.78 Å². The van der Waals surface area contributed by atoms with Gasteiger partial charge in [-0.1, -0.05) is 79.0 Å². The minimum absolute atomic E-state index is 0.0845. The number of carbonyl (C=O) groups excluding carboxylic acids is 1. The Kier molecular flexibility index (Phi) is 6.29. The molecule has 0 N–H and O–H groups in total. The maximum absolute atomic E-state index is 13.8. The summed E-state index contributed by atoms with van der Waals surface area (Å²) in [4.78, 5) is 15.9. The third-order valence-electron chi connectivity index (χ3n) is 6.96. The Hall–Kier alpha value is -3.32. The molecule has 0 amide bonds. The van der Waals surface area contributed by atoms with Gasteiger partial charge in [0, 0.05) is 33.4 Å². The largest absolute Gasteiger partial charge is 0.312 e. The number of carbonyl (C=O) groups is 1. The number of allylic oxidation sites excluding steroid dienone is 3. The average Bonchev–Trinajstić information content (AvgIpc) is 2.84. The van der Waals surface area contributed by atoms with Crippen LogP contribution in [0.3, 0.4) is 0 Å². The van der Waals surface area contributed by atoms with Crippen LogP contribution in [-0.4, -0.2) is 5.78 Å². The van der Waals surface area contributed by atoms with Crippen LogP contribution < -0.4 is 4.90 Å². The Morgan fingerprint density at radius 2 is 1.47 bits per heavy atom. The van der Waals surface area contributed by atoms with Gasteiger partial charge in [0.05, 0.1) is 23.3 Å². The summed E-state index contributed by atoms with van der Waals surface area (Å²) >= 11 is 12.4. The van der Waals surface area contributed by atoms with Gasteiger partial charge in [0.1, 0.15) is 0 Å². The Morgan fingerprint density at radius 3 is 2.06 bits per heavy atom. The van der Waals surface area contributed by atoms with Gasteiger partial charge in [-0.15, -0.1) is 0 Å². The maximum atomic E-state index is 13.8. The molecule has 0 saturated heterocycles. The van der Waals surface area contributed by atoms with E-state index in [9.17, 15) is 10.1 Å². The average molecular weight is 513 g/mol. The van der Waals surface area contributed by atoms with Crippen LogP contribution in [0.25, 0.3) is 5.70 Å². The molecule has 1 aliphatic heterocycles. The molecule has 1 aliphatic carbocycles. The fraction of sp³-hybridized carbons (Fsp3) is 0.226. The second-order valence-corrected chi connectivity index (χ2v) is 11.2. The van der Waals surface area contributed by atoms with Crippen molar-refractivity contribution in [2.45, 2.75) is 39.5 Å². The molecular formula is C31H26Cl2N2O. The van der Waals surface area contributed by atoms with E-state index in [0.717, 1.165) is 33.8 Å². The lowest BCUT2D eigenvalue weighted by Gasteiger charge is -2.45. The van der Waals surface area contributed by atoms with Crippen molar-refractivity contribution in [2.75, 3.05) is 4.90 Å². The van der Waals surface area contributed by atoms with Crippen molar-refractivity contribution in [3.8, 4) is 6.07 Å². The number of hydrogen-bond acceptors (Lipinski definition) is 3. The number of nitriles is 1. The Balaban J connectivity index is 1.87. The molecular weight excluding hydrogens is 487 g/mol. The third-order valence-corrected chi connectivity index (χ3v) is 7.46. The van der Waals surface area contributed by atoms with Gasteiger partial charge in [0.25, 0.3) is 0 Å². The lowest BCUT2D eigenvalue weighted by molar-refractivity contribution is -0.118. The van der Waals surface area contributed by atoms with Crippen LogP contribution in [0.1, 0.15) is 49.3 Å². The number of nitrogens with zero attached hydrogens (tertiary/aromatic N) is 2. The quantitative estimate of drug-likeness (QED) is 0.353. The number of hydrogen-bond donors (Lipinski definition) is 0. The molecule has 0 aromatic heterocycles. The molecule has 3 aromatic carbocycles. The Morgan fingerprint density at radius 1 is 0.889 bits per heavy atom. The van der Waals surface area contributed by atoms with Crippen LogP contribution in [-0.2, 0) is 4.79 Å². The van der Waals surface area contributed by atoms with Gasteiger partial charge in [-0.2, -0.15) is 5.26 Å². The van der Waals surface area contributed by atoms with Crippen LogP contribution in [0, 0.1) is 23.7 Å². The van der Waals surface area contributed by atoms with E-state index in [0.29, 0.717) is 34.0 Å². The summed E-state index contributed by atoms with van der Waals surface area (Å²) in [5.74, 6) is -0.389. The number of rotatable bonds is 3. The van der Waals surface area contributed by atoms with Crippen molar-refractivity contribution in [2.24, 2.45) is 5.41 Å². The predicted octanol–water partition coefficient (Wildman–Crippen LogP) is 8.48. The number of Topliss-reactive ketones (excluding diaryl/α,β-unsaturated/α-hetero) is 1. The SMILES string of the molecule is Cc1ccc(N2C3=C(C(=O)CC(C)(C)C3)C(c3ccc(Cl)cc3)C(C#N)=C2c2ccc(Cl)cc2)cc1. The highest BCUT2D eigenvalue weighted by molar-refractivity contribution is 6.30. The van der Waals surface area contributed by atoms with E-state index in [1.54, 1.807) is 0 Å². The van der Waals surface area contributed by atoms with E-state index in [1.807, 2.05) is 55.5 Å². The highest BCUT2D eigenvalue weighted by atomic mass is 35.5. The zero-order chi connectivity index (χ0) is 25.6. The molecule has 3 nitrogen and oxygen atoms in total.